The molecule has 0 fully saturated rings. The van der Waals surface area contributed by atoms with E-state index in [0.717, 1.165) is 12.1 Å². The van der Waals surface area contributed by atoms with E-state index in [2.05, 4.69) is 17.4 Å². The Kier molecular flexibility index (Phi) is 4.02. The minimum Gasteiger partial charge on any atom is -0.327 e. The number of nitrogens with one attached hydrogen (secondary N) is 1. The van der Waals surface area contributed by atoms with Crippen LogP contribution in [-0.4, -0.2) is 11.9 Å². The molecule has 98 valence electrons. The van der Waals surface area contributed by atoms with Gasteiger partial charge in [0, 0.05) is 18.2 Å². The molecular formula is C15H22N2O. The van der Waals surface area contributed by atoms with E-state index in [4.69, 9.17) is 5.73 Å². The maximum Gasteiger partial charge on any atom is 0.225 e. The monoisotopic (exact) mass is 246 g/mol. The highest BCUT2D eigenvalue weighted by Crippen LogP contribution is 2.25. The highest BCUT2D eigenvalue weighted by molar-refractivity contribution is 5.91. The van der Waals surface area contributed by atoms with E-state index in [1.807, 2.05) is 19.9 Å². The Hall–Kier alpha value is -1.35. The van der Waals surface area contributed by atoms with Gasteiger partial charge in [0.1, 0.15) is 0 Å². The molecule has 0 saturated carbocycles. The van der Waals surface area contributed by atoms with Crippen molar-refractivity contribution in [1.29, 1.82) is 0 Å². The lowest BCUT2D eigenvalue weighted by Gasteiger charge is -2.15. The normalized spacial score (nSPS) is 15.6. The second-order valence-corrected chi connectivity index (χ2v) is 5.50. The van der Waals surface area contributed by atoms with Gasteiger partial charge in [-0.1, -0.05) is 19.9 Å². The third-order valence-corrected chi connectivity index (χ3v) is 3.66. The summed E-state index contributed by atoms with van der Waals surface area (Å²) in [6.07, 6.45) is 3.91. The highest BCUT2D eigenvalue weighted by atomic mass is 16.1. The molecule has 3 N–H and O–H groups in total. The molecular weight excluding hydrogens is 224 g/mol. The number of benzene rings is 1. The van der Waals surface area contributed by atoms with Gasteiger partial charge in [0.15, 0.2) is 0 Å². The van der Waals surface area contributed by atoms with Crippen LogP contribution in [0.1, 0.15) is 37.8 Å². The van der Waals surface area contributed by atoms with Crippen molar-refractivity contribution in [2.75, 3.05) is 5.32 Å². The molecule has 3 nitrogen and oxygen atoms in total. The zero-order valence-corrected chi connectivity index (χ0v) is 11.2. The summed E-state index contributed by atoms with van der Waals surface area (Å²) in [5, 5.41) is 2.94. The summed E-state index contributed by atoms with van der Waals surface area (Å²) in [6, 6.07) is 6.14. The number of aryl methyl sites for hydroxylation is 2. The van der Waals surface area contributed by atoms with Gasteiger partial charge in [-0.15, -0.1) is 0 Å². The third kappa shape index (κ3) is 3.10. The molecule has 1 aliphatic carbocycles. The molecule has 0 bridgehead atoms. The fraction of sp³-hybridized carbons (Fsp3) is 0.533. The quantitative estimate of drug-likeness (QED) is 0.857. The van der Waals surface area contributed by atoms with Crippen molar-refractivity contribution in [2.45, 2.75) is 45.6 Å². The smallest absolute Gasteiger partial charge is 0.225 e. The standard InChI is InChI=1S/C15H22N2O/c1-10(2)14(16)9-15(18)17-13-7-6-11-4-3-5-12(11)8-13/h6-8,10,14H,3-5,9,16H2,1-2H3,(H,17,18). The van der Waals surface area contributed by atoms with Crippen LogP contribution >= 0.6 is 0 Å². The predicted octanol–water partition coefficient (Wildman–Crippen LogP) is 2.49. The Labute approximate surface area is 109 Å². The molecule has 0 spiro atoms. The molecule has 1 aromatic rings. The van der Waals surface area contributed by atoms with Gasteiger partial charge in [0.25, 0.3) is 0 Å². The van der Waals surface area contributed by atoms with Gasteiger partial charge in [-0.25, -0.2) is 0 Å². The van der Waals surface area contributed by atoms with E-state index in [-0.39, 0.29) is 11.9 Å². The zero-order chi connectivity index (χ0) is 13.1. The summed E-state index contributed by atoms with van der Waals surface area (Å²) < 4.78 is 0. The van der Waals surface area contributed by atoms with Crippen LogP contribution in [0.4, 0.5) is 5.69 Å². The SMILES string of the molecule is CC(C)C(N)CC(=O)Nc1ccc2c(c1)CCC2. The number of carbonyl (C=O) groups excluding carboxylic acids is 1. The first-order valence-corrected chi connectivity index (χ1v) is 6.73. The zero-order valence-electron chi connectivity index (χ0n) is 11.2. The average Bonchev–Trinajstić information content (AvgIpc) is 2.75. The second-order valence-electron chi connectivity index (χ2n) is 5.50. The van der Waals surface area contributed by atoms with Crippen molar-refractivity contribution in [1.82, 2.24) is 0 Å². The Morgan fingerprint density at radius 2 is 2.06 bits per heavy atom. The molecule has 0 heterocycles. The van der Waals surface area contributed by atoms with Crippen LogP contribution < -0.4 is 11.1 Å². The number of carbonyl (C=O) groups is 1. The van der Waals surface area contributed by atoms with Gasteiger partial charge in [0.2, 0.25) is 5.91 Å². The van der Waals surface area contributed by atoms with Crippen LogP contribution in [-0.2, 0) is 17.6 Å². The predicted molar refractivity (Wildman–Crippen MR) is 74.5 cm³/mol. The molecule has 2 rings (SSSR count). The summed E-state index contributed by atoms with van der Waals surface area (Å²) in [5.74, 6) is 0.338. The number of amides is 1. The fourth-order valence-electron chi connectivity index (χ4n) is 2.31. The molecule has 1 unspecified atom stereocenters. The first-order chi connectivity index (χ1) is 8.56. The summed E-state index contributed by atoms with van der Waals surface area (Å²) in [4.78, 5) is 11.8. The number of nitrogens with two attached hydrogens (primary N) is 1. The first-order valence-electron chi connectivity index (χ1n) is 6.73. The van der Waals surface area contributed by atoms with Crippen molar-refractivity contribution in [3.05, 3.63) is 29.3 Å². The Morgan fingerprint density at radius 1 is 1.33 bits per heavy atom. The molecule has 1 aliphatic rings. The minimum absolute atomic E-state index is 0.00847. The number of fused-ring (bicyclic) bond motifs is 1. The molecule has 0 radical (unpaired) electrons. The molecule has 1 atom stereocenters. The van der Waals surface area contributed by atoms with Gasteiger partial charge >= 0.3 is 0 Å². The molecule has 0 aliphatic heterocycles. The minimum atomic E-state index is -0.0700. The largest absolute Gasteiger partial charge is 0.327 e. The van der Waals surface area contributed by atoms with Crippen molar-refractivity contribution < 1.29 is 4.79 Å². The Morgan fingerprint density at radius 3 is 2.78 bits per heavy atom. The third-order valence-electron chi connectivity index (χ3n) is 3.66. The van der Waals surface area contributed by atoms with Crippen LogP contribution in [0.15, 0.2) is 18.2 Å². The van der Waals surface area contributed by atoms with Gasteiger partial charge in [-0.05, 0) is 48.4 Å². The second kappa shape index (κ2) is 5.53. The van der Waals surface area contributed by atoms with Crippen LogP contribution in [0.2, 0.25) is 0 Å². The fourth-order valence-corrected chi connectivity index (χ4v) is 2.31. The van der Waals surface area contributed by atoms with E-state index in [1.165, 1.54) is 24.0 Å². The first kappa shape index (κ1) is 13.1. The van der Waals surface area contributed by atoms with E-state index >= 15 is 0 Å². The summed E-state index contributed by atoms with van der Waals surface area (Å²) >= 11 is 0. The van der Waals surface area contributed by atoms with Gasteiger partial charge in [-0.3, -0.25) is 4.79 Å². The van der Waals surface area contributed by atoms with E-state index in [0.29, 0.717) is 12.3 Å². The van der Waals surface area contributed by atoms with Gasteiger partial charge in [0.05, 0.1) is 0 Å². The molecule has 0 saturated heterocycles. The lowest BCUT2D eigenvalue weighted by Crippen LogP contribution is -2.31. The van der Waals surface area contributed by atoms with Crippen molar-refractivity contribution in [3.8, 4) is 0 Å². The van der Waals surface area contributed by atoms with E-state index in [1.54, 1.807) is 0 Å². The number of rotatable bonds is 4. The Bertz CT molecular complexity index is 440. The van der Waals surface area contributed by atoms with Crippen molar-refractivity contribution in [3.63, 3.8) is 0 Å². The summed E-state index contributed by atoms with van der Waals surface area (Å²) in [6.45, 7) is 4.07. The van der Waals surface area contributed by atoms with E-state index < -0.39 is 0 Å². The van der Waals surface area contributed by atoms with Crippen LogP contribution in [0.5, 0.6) is 0 Å². The molecule has 1 aromatic carbocycles. The molecule has 3 heteroatoms. The van der Waals surface area contributed by atoms with Crippen LogP contribution in [0.3, 0.4) is 0 Å². The van der Waals surface area contributed by atoms with Gasteiger partial charge in [-0.2, -0.15) is 0 Å². The van der Waals surface area contributed by atoms with Crippen LogP contribution in [0, 0.1) is 5.92 Å². The van der Waals surface area contributed by atoms with E-state index in [9.17, 15) is 4.79 Å². The number of hydrogen-bond acceptors (Lipinski definition) is 2. The number of hydrogen-bond donors (Lipinski definition) is 2. The molecule has 0 aromatic heterocycles. The highest BCUT2D eigenvalue weighted by Gasteiger charge is 2.14. The lowest BCUT2D eigenvalue weighted by atomic mass is 10.0. The molecule has 1 amide bonds. The maximum absolute atomic E-state index is 11.8. The average molecular weight is 246 g/mol. The lowest BCUT2D eigenvalue weighted by molar-refractivity contribution is -0.116. The molecule has 18 heavy (non-hydrogen) atoms. The van der Waals surface area contributed by atoms with Gasteiger partial charge < -0.3 is 11.1 Å². The number of anilines is 1. The van der Waals surface area contributed by atoms with Crippen molar-refractivity contribution in [2.24, 2.45) is 11.7 Å². The van der Waals surface area contributed by atoms with Crippen LogP contribution in [0.25, 0.3) is 0 Å². The van der Waals surface area contributed by atoms with Crippen molar-refractivity contribution >= 4 is 11.6 Å². The summed E-state index contributed by atoms with van der Waals surface area (Å²) in [7, 11) is 0. The topological polar surface area (TPSA) is 55.1 Å². The Balaban J connectivity index is 1.95. The maximum atomic E-state index is 11.8. The summed E-state index contributed by atoms with van der Waals surface area (Å²) in [5.41, 5.74) is 9.60.